The topological polar surface area (TPSA) is 154 Å². The second-order valence-corrected chi connectivity index (χ2v) is 7.73. The van der Waals surface area contributed by atoms with Crippen LogP contribution >= 0.6 is 0 Å². The maximum atomic E-state index is 12.5. The van der Waals surface area contributed by atoms with Gasteiger partial charge in [0.15, 0.2) is 15.9 Å². The first-order valence-corrected chi connectivity index (χ1v) is 7.45. The molecule has 0 aromatic carbocycles. The van der Waals surface area contributed by atoms with Crippen molar-refractivity contribution in [2.75, 3.05) is 0 Å². The molecule has 0 saturated carbocycles. The number of hydrogen-bond donors (Lipinski definition) is 1. The second kappa shape index (κ2) is 5.89. The van der Waals surface area contributed by atoms with Crippen molar-refractivity contribution in [1.29, 1.82) is 0 Å². The van der Waals surface area contributed by atoms with Gasteiger partial charge < -0.3 is 15.5 Å². The van der Waals surface area contributed by atoms with E-state index >= 15 is 0 Å². The summed E-state index contributed by atoms with van der Waals surface area (Å²) >= 11 is 0. The van der Waals surface area contributed by atoms with Crippen molar-refractivity contribution >= 4 is 51.3 Å². The van der Waals surface area contributed by atoms with Crippen LogP contribution in [0.25, 0.3) is 0 Å². The largest absolute Gasteiger partial charge is 0.480 e. The molecule has 1 aromatic heterocycles. The first kappa shape index (κ1) is 19.0. The van der Waals surface area contributed by atoms with Crippen molar-refractivity contribution in [3.05, 3.63) is 12.4 Å². The summed E-state index contributed by atoms with van der Waals surface area (Å²) in [6, 6.07) is -1.40. The molecule has 2 aliphatic heterocycles. The monoisotopic (exact) mass is 341 g/mol. The molecular formula is C10H14N4NaO6S. The molecule has 10 nitrogen and oxygen atoms in total. The minimum atomic E-state index is -3.80. The van der Waals surface area contributed by atoms with E-state index < -0.39 is 37.9 Å². The Balaban J connectivity index is 0.00000121. The maximum Gasteiger partial charge on any atom is 0.328 e. The minimum absolute atomic E-state index is 0. The zero-order chi connectivity index (χ0) is 14.7. The third-order valence-corrected chi connectivity index (χ3v) is 6.76. The second-order valence-electron chi connectivity index (χ2n) is 5.16. The number of sulfone groups is 1. The molecule has 2 aliphatic rings. The number of carbonyl (C=O) groups excluding carboxylic acids is 1. The van der Waals surface area contributed by atoms with E-state index in [2.05, 4.69) is 10.3 Å². The summed E-state index contributed by atoms with van der Waals surface area (Å²) in [5.74, 6) is -1.78. The molecule has 22 heavy (non-hydrogen) atoms. The van der Waals surface area contributed by atoms with Crippen LogP contribution in [0.2, 0.25) is 0 Å². The first-order chi connectivity index (χ1) is 9.29. The number of β-lactam (4-membered cyclic amide) rings is 1. The van der Waals surface area contributed by atoms with Gasteiger partial charge in [0.25, 0.3) is 0 Å². The van der Waals surface area contributed by atoms with Crippen LogP contribution in [-0.4, -0.2) is 96.5 Å². The quantitative estimate of drug-likeness (QED) is 0.462. The zero-order valence-corrected chi connectivity index (χ0v) is 14.8. The van der Waals surface area contributed by atoms with Gasteiger partial charge in [-0.2, -0.15) is 0 Å². The average Bonchev–Trinajstić information content (AvgIpc) is 2.87. The molecule has 117 valence electrons. The predicted molar refractivity (Wildman–Crippen MR) is 73.4 cm³/mol. The molecule has 2 fully saturated rings. The van der Waals surface area contributed by atoms with Crippen LogP contribution in [0, 0.1) is 0 Å². The Hall–Kier alpha value is -1.01. The molecule has 3 atom stereocenters. The summed E-state index contributed by atoms with van der Waals surface area (Å²) in [5, 5.41) is 15.6. The normalized spacial score (nSPS) is 31.5. The predicted octanol–water partition coefficient (Wildman–Crippen LogP) is -2.73. The summed E-state index contributed by atoms with van der Waals surface area (Å²) < 4.78 is 24.7. The van der Waals surface area contributed by atoms with Gasteiger partial charge in [0.2, 0.25) is 5.91 Å². The molecule has 0 bridgehead atoms. The van der Waals surface area contributed by atoms with Gasteiger partial charge >= 0.3 is 5.97 Å². The number of rotatable bonds is 3. The summed E-state index contributed by atoms with van der Waals surface area (Å²) in [6.45, 7) is 1.18. The fraction of sp³-hybridized carbons (Fsp3) is 0.600. The van der Waals surface area contributed by atoms with Gasteiger partial charge in [-0.05, 0) is 6.92 Å². The van der Waals surface area contributed by atoms with Gasteiger partial charge in [-0.15, -0.1) is 5.10 Å². The van der Waals surface area contributed by atoms with Crippen LogP contribution in [0.5, 0.6) is 0 Å². The molecule has 1 amide bonds. The van der Waals surface area contributed by atoms with Crippen LogP contribution in [-0.2, 0) is 26.0 Å². The Bertz CT molecular complexity index is 692. The van der Waals surface area contributed by atoms with Crippen molar-refractivity contribution in [2.45, 2.75) is 36.1 Å². The first-order valence-electron chi connectivity index (χ1n) is 5.90. The van der Waals surface area contributed by atoms with Crippen molar-refractivity contribution in [2.24, 2.45) is 0 Å². The molecule has 3 rings (SSSR count). The summed E-state index contributed by atoms with van der Waals surface area (Å²) in [4.78, 5) is 24.0. The standard InChI is InChI=1S/C10H12N4O5S.Na.H2O/c1-10(5-13-3-2-11-12-13)8(9(16)17)14-6(15)4-7(14)20(10,18)19;;/h2-3,7-8H,4-5H2,1H3,(H,16,17);;1H2/t7-,8+,10+;;/m1../s1. The summed E-state index contributed by atoms with van der Waals surface area (Å²) in [6.07, 6.45) is 2.68. The number of fused-ring (bicyclic) bond motifs is 1. The molecule has 1 radical (unpaired) electrons. The van der Waals surface area contributed by atoms with E-state index in [4.69, 9.17) is 0 Å². The van der Waals surface area contributed by atoms with Crippen molar-refractivity contribution in [3.63, 3.8) is 0 Å². The van der Waals surface area contributed by atoms with Gasteiger partial charge in [0, 0.05) is 35.8 Å². The summed E-state index contributed by atoms with van der Waals surface area (Å²) in [7, 11) is -3.80. The fourth-order valence-corrected chi connectivity index (χ4v) is 5.29. The Labute approximate surface area is 148 Å². The smallest absolute Gasteiger partial charge is 0.328 e. The zero-order valence-electron chi connectivity index (χ0n) is 12.0. The van der Waals surface area contributed by atoms with Crippen molar-refractivity contribution in [3.8, 4) is 0 Å². The Kier molecular flexibility index (Phi) is 5.10. The van der Waals surface area contributed by atoms with E-state index in [0.717, 1.165) is 4.90 Å². The number of carbonyl (C=O) groups is 2. The molecule has 0 unspecified atom stereocenters. The van der Waals surface area contributed by atoms with Crippen LogP contribution in [0.15, 0.2) is 12.4 Å². The number of nitrogens with zero attached hydrogens (tertiary/aromatic N) is 4. The minimum Gasteiger partial charge on any atom is -0.480 e. The number of carboxylic acid groups (broad SMARTS) is 1. The SMILES string of the molecule is C[C@]1(Cn2ccnn2)[C@H](C(=O)O)N2C(=O)C[C@H]2S1(=O)=O.O.[Na]. The van der Waals surface area contributed by atoms with E-state index in [1.807, 2.05) is 0 Å². The number of amides is 1. The Morgan fingerprint density at radius 1 is 1.55 bits per heavy atom. The van der Waals surface area contributed by atoms with Gasteiger partial charge in [0.05, 0.1) is 19.2 Å². The Morgan fingerprint density at radius 3 is 2.64 bits per heavy atom. The van der Waals surface area contributed by atoms with Gasteiger partial charge in [-0.1, -0.05) is 5.21 Å². The summed E-state index contributed by atoms with van der Waals surface area (Å²) in [5.41, 5.74) is 0. The van der Waals surface area contributed by atoms with Crippen LogP contribution in [0.4, 0.5) is 0 Å². The number of aliphatic carboxylic acids is 1. The number of hydrogen-bond acceptors (Lipinski definition) is 6. The van der Waals surface area contributed by atoms with E-state index in [1.54, 1.807) is 0 Å². The van der Waals surface area contributed by atoms with Crippen molar-refractivity contribution in [1.82, 2.24) is 19.9 Å². The molecule has 12 heteroatoms. The van der Waals surface area contributed by atoms with Gasteiger partial charge in [-0.3, -0.25) is 9.48 Å². The van der Waals surface area contributed by atoms with Crippen molar-refractivity contribution < 1.29 is 28.6 Å². The van der Waals surface area contributed by atoms with E-state index in [-0.39, 0.29) is 48.0 Å². The van der Waals surface area contributed by atoms with E-state index in [0.29, 0.717) is 0 Å². The molecule has 0 aliphatic carbocycles. The number of carboxylic acids is 1. The third-order valence-electron chi connectivity index (χ3n) is 3.99. The van der Waals surface area contributed by atoms with Gasteiger partial charge in [-0.25, -0.2) is 13.2 Å². The Morgan fingerprint density at radius 2 is 2.18 bits per heavy atom. The van der Waals surface area contributed by atoms with E-state index in [9.17, 15) is 23.1 Å². The number of aromatic nitrogens is 3. The van der Waals surface area contributed by atoms with Gasteiger partial charge in [0.1, 0.15) is 10.1 Å². The molecule has 3 N–H and O–H groups in total. The van der Waals surface area contributed by atoms with E-state index in [1.165, 1.54) is 24.0 Å². The molecule has 1 aromatic rings. The third kappa shape index (κ3) is 2.27. The molecule has 3 heterocycles. The molecule has 2 saturated heterocycles. The van der Waals surface area contributed by atoms with Crippen LogP contribution in [0.3, 0.4) is 0 Å². The fourth-order valence-electron chi connectivity index (χ4n) is 2.93. The maximum absolute atomic E-state index is 12.5. The van der Waals surface area contributed by atoms with Crippen LogP contribution < -0.4 is 0 Å². The average molecular weight is 341 g/mol. The van der Waals surface area contributed by atoms with Crippen LogP contribution in [0.1, 0.15) is 13.3 Å². The molecule has 0 spiro atoms. The molecular weight excluding hydrogens is 327 g/mol.